The maximum absolute atomic E-state index is 12.3. The number of primary sulfonamides is 1. The van der Waals surface area contributed by atoms with Crippen LogP contribution in [0.2, 0.25) is 0 Å². The summed E-state index contributed by atoms with van der Waals surface area (Å²) in [4.78, 5) is 15.5. The zero-order valence-electron chi connectivity index (χ0n) is 14.9. The van der Waals surface area contributed by atoms with Crippen LogP contribution in [0.25, 0.3) is 11.3 Å². The second kappa shape index (κ2) is 7.77. The fourth-order valence-electron chi connectivity index (χ4n) is 2.69. The summed E-state index contributed by atoms with van der Waals surface area (Å²) in [6.07, 6.45) is 0.585. The highest BCUT2D eigenvalue weighted by Crippen LogP contribution is 2.19. The molecule has 0 spiro atoms. The van der Waals surface area contributed by atoms with Crippen molar-refractivity contribution in [2.24, 2.45) is 5.14 Å². The van der Waals surface area contributed by atoms with E-state index in [-0.39, 0.29) is 10.8 Å². The minimum Gasteiger partial charge on any atom is -0.351 e. The largest absolute Gasteiger partial charge is 0.351 e. The van der Waals surface area contributed by atoms with Crippen LogP contribution in [0.5, 0.6) is 0 Å². The van der Waals surface area contributed by atoms with E-state index in [4.69, 9.17) is 5.14 Å². The van der Waals surface area contributed by atoms with Crippen molar-refractivity contribution in [3.8, 4) is 11.3 Å². The number of amides is 1. The van der Waals surface area contributed by atoms with Gasteiger partial charge in [0.2, 0.25) is 10.0 Å². The molecule has 0 aliphatic heterocycles. The number of aromatic amines is 1. The first-order valence-corrected chi connectivity index (χ1v) is 10.0. The van der Waals surface area contributed by atoms with Crippen molar-refractivity contribution in [2.45, 2.75) is 18.2 Å². The summed E-state index contributed by atoms with van der Waals surface area (Å²) in [6.45, 7) is 2.46. The van der Waals surface area contributed by atoms with Crippen LogP contribution in [-0.2, 0) is 16.4 Å². The van der Waals surface area contributed by atoms with Crippen molar-refractivity contribution < 1.29 is 13.2 Å². The molecule has 0 saturated heterocycles. The Bertz CT molecular complexity index is 1040. The van der Waals surface area contributed by atoms with Crippen LogP contribution >= 0.6 is 0 Å². The standard InChI is InChI=1S/C20H21N3O3S/c1-14-2-6-16(7-3-14)18-10-11-19(23-18)20(24)22-13-12-15-4-8-17(9-5-15)27(21,25)26/h2-11,23H,12-13H2,1H3,(H,22,24)(H2,21,25,26). The molecular formula is C20H21N3O3S. The highest BCUT2D eigenvalue weighted by Gasteiger charge is 2.10. The maximum Gasteiger partial charge on any atom is 0.267 e. The van der Waals surface area contributed by atoms with Gasteiger partial charge in [0.1, 0.15) is 5.69 Å². The SMILES string of the molecule is Cc1ccc(-c2ccc(C(=O)NCCc3ccc(S(N)(=O)=O)cc3)[nH]2)cc1. The summed E-state index contributed by atoms with van der Waals surface area (Å²) in [6, 6.07) is 18.0. The number of sulfonamides is 1. The van der Waals surface area contributed by atoms with Crippen LogP contribution in [0.15, 0.2) is 65.6 Å². The van der Waals surface area contributed by atoms with E-state index >= 15 is 0 Å². The molecule has 0 saturated carbocycles. The van der Waals surface area contributed by atoms with Crippen LogP contribution in [0, 0.1) is 6.92 Å². The molecule has 6 nitrogen and oxygen atoms in total. The number of aryl methyl sites for hydroxylation is 1. The zero-order chi connectivity index (χ0) is 19.4. The van der Waals surface area contributed by atoms with Crippen molar-refractivity contribution in [1.29, 1.82) is 0 Å². The van der Waals surface area contributed by atoms with Gasteiger partial charge in [0, 0.05) is 12.2 Å². The van der Waals surface area contributed by atoms with Crippen LogP contribution in [-0.4, -0.2) is 25.9 Å². The van der Waals surface area contributed by atoms with Crippen molar-refractivity contribution in [3.05, 3.63) is 77.5 Å². The highest BCUT2D eigenvalue weighted by atomic mass is 32.2. The molecule has 0 bridgehead atoms. The Morgan fingerprint density at radius 1 is 1.00 bits per heavy atom. The lowest BCUT2D eigenvalue weighted by Gasteiger charge is -2.05. The third-order valence-electron chi connectivity index (χ3n) is 4.24. The van der Waals surface area contributed by atoms with Gasteiger partial charge in [0.05, 0.1) is 4.90 Å². The Balaban J connectivity index is 1.56. The molecule has 0 atom stereocenters. The first-order chi connectivity index (χ1) is 12.8. The second-order valence-electron chi connectivity index (χ2n) is 6.35. The Labute approximate surface area is 158 Å². The fraction of sp³-hybridized carbons (Fsp3) is 0.150. The molecule has 3 rings (SSSR count). The van der Waals surface area contributed by atoms with E-state index in [2.05, 4.69) is 10.3 Å². The molecule has 140 valence electrons. The molecule has 2 aromatic carbocycles. The summed E-state index contributed by atoms with van der Waals surface area (Å²) < 4.78 is 22.5. The Morgan fingerprint density at radius 2 is 1.67 bits per heavy atom. The third-order valence-corrected chi connectivity index (χ3v) is 5.17. The van der Waals surface area contributed by atoms with E-state index in [1.54, 1.807) is 18.2 Å². The van der Waals surface area contributed by atoms with Crippen molar-refractivity contribution >= 4 is 15.9 Å². The summed E-state index contributed by atoms with van der Waals surface area (Å²) in [5.41, 5.74) is 4.50. The number of H-pyrrole nitrogens is 1. The molecule has 4 N–H and O–H groups in total. The molecule has 0 aliphatic rings. The quantitative estimate of drug-likeness (QED) is 0.609. The first kappa shape index (κ1) is 18.9. The predicted molar refractivity (Wildman–Crippen MR) is 105 cm³/mol. The van der Waals surface area contributed by atoms with Gasteiger partial charge < -0.3 is 10.3 Å². The van der Waals surface area contributed by atoms with E-state index in [1.165, 1.54) is 17.7 Å². The predicted octanol–water partition coefficient (Wildman–Crippen LogP) is 2.61. The van der Waals surface area contributed by atoms with Crippen LogP contribution in [0.4, 0.5) is 0 Å². The molecule has 3 aromatic rings. The van der Waals surface area contributed by atoms with Crippen LogP contribution in [0.3, 0.4) is 0 Å². The van der Waals surface area contributed by atoms with E-state index in [9.17, 15) is 13.2 Å². The lowest BCUT2D eigenvalue weighted by Crippen LogP contribution is -2.26. The number of rotatable bonds is 6. The van der Waals surface area contributed by atoms with Crippen LogP contribution in [0.1, 0.15) is 21.6 Å². The van der Waals surface area contributed by atoms with E-state index in [1.807, 2.05) is 37.3 Å². The maximum atomic E-state index is 12.3. The Hall–Kier alpha value is -2.90. The molecule has 1 heterocycles. The lowest BCUT2D eigenvalue weighted by atomic mass is 10.1. The van der Waals surface area contributed by atoms with Gasteiger partial charge in [0.15, 0.2) is 0 Å². The molecule has 1 aromatic heterocycles. The lowest BCUT2D eigenvalue weighted by molar-refractivity contribution is 0.0950. The highest BCUT2D eigenvalue weighted by molar-refractivity contribution is 7.89. The summed E-state index contributed by atoms with van der Waals surface area (Å²) in [5.74, 6) is -0.186. The number of aromatic nitrogens is 1. The van der Waals surface area contributed by atoms with Gasteiger partial charge in [-0.05, 0) is 48.7 Å². The zero-order valence-corrected chi connectivity index (χ0v) is 15.7. The number of hydrogen-bond donors (Lipinski definition) is 3. The van der Waals surface area contributed by atoms with E-state index in [0.29, 0.717) is 18.7 Å². The van der Waals surface area contributed by atoms with Crippen molar-refractivity contribution in [3.63, 3.8) is 0 Å². The number of benzene rings is 2. The van der Waals surface area contributed by atoms with E-state index in [0.717, 1.165) is 16.8 Å². The number of carbonyl (C=O) groups is 1. The smallest absolute Gasteiger partial charge is 0.267 e. The van der Waals surface area contributed by atoms with Crippen molar-refractivity contribution in [2.75, 3.05) is 6.54 Å². The molecule has 0 aliphatic carbocycles. The first-order valence-electron chi connectivity index (χ1n) is 8.49. The number of nitrogens with two attached hydrogens (primary N) is 1. The second-order valence-corrected chi connectivity index (χ2v) is 7.91. The van der Waals surface area contributed by atoms with Gasteiger partial charge in [-0.2, -0.15) is 0 Å². The summed E-state index contributed by atoms with van der Waals surface area (Å²) in [7, 11) is -3.69. The fourth-order valence-corrected chi connectivity index (χ4v) is 3.21. The van der Waals surface area contributed by atoms with Crippen molar-refractivity contribution in [1.82, 2.24) is 10.3 Å². The van der Waals surface area contributed by atoms with Gasteiger partial charge in [0.25, 0.3) is 5.91 Å². The number of carbonyl (C=O) groups excluding carboxylic acids is 1. The third kappa shape index (κ3) is 4.84. The average Bonchev–Trinajstić information content (AvgIpc) is 3.12. The van der Waals surface area contributed by atoms with Gasteiger partial charge in [-0.1, -0.05) is 42.0 Å². The minimum atomic E-state index is -3.69. The minimum absolute atomic E-state index is 0.0744. The number of hydrogen-bond acceptors (Lipinski definition) is 3. The van der Waals surface area contributed by atoms with Gasteiger partial charge in [-0.3, -0.25) is 4.79 Å². The Morgan fingerprint density at radius 3 is 2.30 bits per heavy atom. The summed E-state index contributed by atoms with van der Waals surface area (Å²) in [5, 5.41) is 7.93. The monoisotopic (exact) mass is 383 g/mol. The Kier molecular flexibility index (Phi) is 5.43. The molecule has 1 amide bonds. The molecule has 0 radical (unpaired) electrons. The topological polar surface area (TPSA) is 105 Å². The molecular weight excluding hydrogens is 362 g/mol. The summed E-state index contributed by atoms with van der Waals surface area (Å²) >= 11 is 0. The molecule has 0 unspecified atom stereocenters. The average molecular weight is 383 g/mol. The number of nitrogens with one attached hydrogen (secondary N) is 2. The van der Waals surface area contributed by atoms with E-state index < -0.39 is 10.0 Å². The van der Waals surface area contributed by atoms with Crippen LogP contribution < -0.4 is 10.5 Å². The molecule has 0 fully saturated rings. The normalized spacial score (nSPS) is 11.3. The van der Waals surface area contributed by atoms with Gasteiger partial charge in [-0.25, -0.2) is 13.6 Å². The molecule has 7 heteroatoms. The molecule has 27 heavy (non-hydrogen) atoms. The van der Waals surface area contributed by atoms with Gasteiger partial charge in [-0.15, -0.1) is 0 Å². The van der Waals surface area contributed by atoms with Gasteiger partial charge >= 0.3 is 0 Å².